The molecule has 2 rings (SSSR count). The van der Waals surface area contributed by atoms with E-state index in [9.17, 15) is 13.2 Å². The molecular weight excluding hydrogens is 336 g/mol. The average molecular weight is 351 g/mol. The van der Waals surface area contributed by atoms with Gasteiger partial charge in [0.1, 0.15) is 5.69 Å². The molecule has 0 radical (unpaired) electrons. The molecule has 1 amide bonds. The van der Waals surface area contributed by atoms with Gasteiger partial charge in [0.25, 0.3) is 16.1 Å². The summed E-state index contributed by atoms with van der Waals surface area (Å²) in [6.07, 6.45) is 1.80. The van der Waals surface area contributed by atoms with Crippen molar-refractivity contribution < 1.29 is 13.2 Å². The van der Waals surface area contributed by atoms with Crippen molar-refractivity contribution in [3.8, 4) is 0 Å². The third-order valence-electron chi connectivity index (χ3n) is 3.08. The highest BCUT2D eigenvalue weighted by Gasteiger charge is 2.27. The van der Waals surface area contributed by atoms with Gasteiger partial charge in [-0.15, -0.1) is 0 Å². The molecular formula is C10H15BrN4O3S. The van der Waals surface area contributed by atoms with Gasteiger partial charge < -0.3 is 9.47 Å². The molecule has 0 saturated carbocycles. The zero-order chi connectivity index (χ0) is 14.2. The van der Waals surface area contributed by atoms with Gasteiger partial charge in [-0.25, -0.2) is 5.14 Å². The third kappa shape index (κ3) is 3.16. The van der Waals surface area contributed by atoms with E-state index in [1.54, 1.807) is 28.8 Å². The number of rotatable bonds is 2. The summed E-state index contributed by atoms with van der Waals surface area (Å²) < 4.78 is 26.1. The lowest BCUT2D eigenvalue weighted by molar-refractivity contribution is 0.0688. The topological polar surface area (TPSA) is 88.6 Å². The van der Waals surface area contributed by atoms with Crippen LogP contribution in [-0.2, 0) is 17.3 Å². The van der Waals surface area contributed by atoms with E-state index in [4.69, 9.17) is 5.14 Å². The lowest BCUT2D eigenvalue weighted by Crippen LogP contribution is -2.52. The maximum Gasteiger partial charge on any atom is 0.277 e. The summed E-state index contributed by atoms with van der Waals surface area (Å²) in [6.45, 7) is 1.16. The highest BCUT2D eigenvalue weighted by atomic mass is 79.9. The van der Waals surface area contributed by atoms with E-state index in [1.807, 2.05) is 0 Å². The first-order valence-electron chi connectivity index (χ1n) is 5.68. The van der Waals surface area contributed by atoms with Crippen LogP contribution in [0.5, 0.6) is 0 Å². The van der Waals surface area contributed by atoms with Gasteiger partial charge in [0, 0.05) is 43.9 Å². The number of hydrogen-bond donors (Lipinski definition) is 1. The monoisotopic (exact) mass is 350 g/mol. The van der Waals surface area contributed by atoms with Gasteiger partial charge in [-0.2, -0.15) is 12.7 Å². The first-order chi connectivity index (χ1) is 8.79. The third-order valence-corrected chi connectivity index (χ3v) is 4.60. The van der Waals surface area contributed by atoms with Crippen molar-refractivity contribution in [2.75, 3.05) is 26.2 Å². The standard InChI is InChI=1S/C10H15BrN4O3S/c1-13-7-8(11)6-9(13)10(16)14-2-4-15(5-3-14)19(12,17)18/h6-7H,2-5H2,1H3,(H2,12,17,18). The fourth-order valence-electron chi connectivity index (χ4n) is 2.04. The fourth-order valence-corrected chi connectivity index (χ4v) is 3.24. The van der Waals surface area contributed by atoms with Crippen molar-refractivity contribution >= 4 is 32.0 Å². The van der Waals surface area contributed by atoms with Crippen molar-refractivity contribution in [1.29, 1.82) is 0 Å². The molecule has 1 aromatic heterocycles. The molecule has 2 N–H and O–H groups in total. The molecule has 19 heavy (non-hydrogen) atoms. The van der Waals surface area contributed by atoms with Crippen LogP contribution in [0.4, 0.5) is 0 Å². The molecule has 0 aromatic carbocycles. The number of amides is 1. The zero-order valence-electron chi connectivity index (χ0n) is 10.4. The van der Waals surface area contributed by atoms with E-state index in [0.717, 1.165) is 4.47 Å². The molecule has 0 bridgehead atoms. The van der Waals surface area contributed by atoms with Gasteiger partial charge >= 0.3 is 0 Å². The summed E-state index contributed by atoms with van der Waals surface area (Å²) in [7, 11) is -1.87. The van der Waals surface area contributed by atoms with Gasteiger partial charge in [-0.05, 0) is 22.0 Å². The number of halogens is 1. The maximum absolute atomic E-state index is 12.3. The number of aromatic nitrogens is 1. The molecule has 2 heterocycles. The van der Waals surface area contributed by atoms with E-state index in [2.05, 4.69) is 15.9 Å². The van der Waals surface area contributed by atoms with Gasteiger partial charge in [0.2, 0.25) is 0 Å². The molecule has 0 atom stereocenters. The van der Waals surface area contributed by atoms with Crippen LogP contribution in [0.3, 0.4) is 0 Å². The molecule has 1 aliphatic heterocycles. The van der Waals surface area contributed by atoms with Crippen LogP contribution in [0.15, 0.2) is 16.7 Å². The molecule has 0 aliphatic carbocycles. The summed E-state index contributed by atoms with van der Waals surface area (Å²) in [6, 6.07) is 1.74. The van der Waals surface area contributed by atoms with E-state index in [-0.39, 0.29) is 19.0 Å². The number of nitrogens with two attached hydrogens (primary N) is 1. The highest BCUT2D eigenvalue weighted by Crippen LogP contribution is 2.16. The van der Waals surface area contributed by atoms with Gasteiger partial charge in [0.05, 0.1) is 0 Å². The highest BCUT2D eigenvalue weighted by molar-refractivity contribution is 9.10. The Morgan fingerprint density at radius 1 is 1.32 bits per heavy atom. The number of hydrogen-bond acceptors (Lipinski definition) is 3. The molecule has 1 aliphatic rings. The van der Waals surface area contributed by atoms with E-state index < -0.39 is 10.2 Å². The summed E-state index contributed by atoms with van der Waals surface area (Å²) in [5.74, 6) is -0.109. The van der Waals surface area contributed by atoms with Crippen molar-refractivity contribution in [1.82, 2.24) is 13.8 Å². The number of aryl methyl sites for hydroxylation is 1. The molecule has 0 spiro atoms. The van der Waals surface area contributed by atoms with E-state index >= 15 is 0 Å². The Morgan fingerprint density at radius 2 is 1.89 bits per heavy atom. The van der Waals surface area contributed by atoms with Crippen LogP contribution in [-0.4, -0.2) is 54.3 Å². The fraction of sp³-hybridized carbons (Fsp3) is 0.500. The average Bonchev–Trinajstić information content (AvgIpc) is 2.66. The van der Waals surface area contributed by atoms with E-state index in [0.29, 0.717) is 18.8 Å². The Morgan fingerprint density at radius 3 is 2.32 bits per heavy atom. The second kappa shape index (κ2) is 5.23. The SMILES string of the molecule is Cn1cc(Br)cc1C(=O)N1CCN(S(N)(=O)=O)CC1. The van der Waals surface area contributed by atoms with Crippen molar-refractivity contribution in [3.63, 3.8) is 0 Å². The van der Waals surface area contributed by atoms with Crippen LogP contribution < -0.4 is 5.14 Å². The Kier molecular flexibility index (Phi) is 4.00. The van der Waals surface area contributed by atoms with Crippen LogP contribution >= 0.6 is 15.9 Å². The molecule has 1 saturated heterocycles. The number of carbonyl (C=O) groups is 1. The van der Waals surface area contributed by atoms with Crippen molar-refractivity contribution in [2.24, 2.45) is 12.2 Å². The molecule has 9 heteroatoms. The largest absolute Gasteiger partial charge is 0.345 e. The van der Waals surface area contributed by atoms with Gasteiger partial charge in [-0.1, -0.05) is 0 Å². The Balaban J connectivity index is 2.06. The normalized spacial score (nSPS) is 17.7. The molecule has 1 aromatic rings. The Labute approximate surface area is 120 Å². The van der Waals surface area contributed by atoms with E-state index in [1.165, 1.54) is 4.31 Å². The Hall–Kier alpha value is -0.900. The first kappa shape index (κ1) is 14.5. The smallest absolute Gasteiger partial charge is 0.277 e. The second-order valence-electron chi connectivity index (χ2n) is 4.39. The van der Waals surface area contributed by atoms with Crippen LogP contribution in [0.2, 0.25) is 0 Å². The minimum absolute atomic E-state index is 0.109. The molecule has 1 fully saturated rings. The first-order valence-corrected chi connectivity index (χ1v) is 7.97. The summed E-state index contributed by atoms with van der Waals surface area (Å²) in [4.78, 5) is 13.9. The number of piperazine rings is 1. The number of carbonyl (C=O) groups excluding carboxylic acids is 1. The van der Waals surface area contributed by atoms with Gasteiger partial charge in [0.15, 0.2) is 0 Å². The summed E-state index contributed by atoms with van der Waals surface area (Å²) in [5, 5.41) is 5.05. The summed E-state index contributed by atoms with van der Waals surface area (Å²) in [5.41, 5.74) is 0.566. The quantitative estimate of drug-likeness (QED) is 0.797. The van der Waals surface area contributed by atoms with Crippen LogP contribution in [0, 0.1) is 0 Å². The predicted molar refractivity (Wildman–Crippen MR) is 73.7 cm³/mol. The van der Waals surface area contributed by atoms with Crippen molar-refractivity contribution in [2.45, 2.75) is 0 Å². The maximum atomic E-state index is 12.3. The predicted octanol–water partition coefficient (Wildman–Crippen LogP) is -0.251. The molecule has 0 unspecified atom stereocenters. The van der Waals surface area contributed by atoms with Crippen molar-refractivity contribution in [3.05, 3.63) is 22.4 Å². The Bertz CT molecular complexity index is 590. The van der Waals surface area contributed by atoms with Gasteiger partial charge in [-0.3, -0.25) is 4.79 Å². The van der Waals surface area contributed by atoms with Crippen LogP contribution in [0.1, 0.15) is 10.5 Å². The second-order valence-corrected chi connectivity index (χ2v) is 6.85. The molecule has 7 nitrogen and oxygen atoms in total. The minimum Gasteiger partial charge on any atom is -0.345 e. The lowest BCUT2D eigenvalue weighted by atomic mass is 10.3. The van der Waals surface area contributed by atoms with Crippen LogP contribution in [0.25, 0.3) is 0 Å². The zero-order valence-corrected chi connectivity index (χ0v) is 12.8. The lowest BCUT2D eigenvalue weighted by Gasteiger charge is -2.32. The minimum atomic E-state index is -3.66. The summed E-state index contributed by atoms with van der Waals surface area (Å²) >= 11 is 3.32. The molecule has 106 valence electrons. The number of nitrogens with zero attached hydrogens (tertiary/aromatic N) is 3.